The third kappa shape index (κ3) is 19.3. The second kappa shape index (κ2) is 22.3. The van der Waals surface area contributed by atoms with Crippen LogP contribution in [0.2, 0.25) is 0 Å². The molecular weight excluding hydrogens is 392 g/mol. The van der Waals surface area contributed by atoms with Crippen LogP contribution < -0.4 is 0 Å². The van der Waals surface area contributed by atoms with E-state index in [2.05, 4.69) is 50.0 Å². The number of carbonyl (C=O) groups is 2. The van der Waals surface area contributed by atoms with Gasteiger partial charge in [-0.25, -0.2) is 9.59 Å². The Bertz CT molecular complexity index is 587. The van der Waals surface area contributed by atoms with Gasteiger partial charge in [0, 0.05) is 0 Å². The van der Waals surface area contributed by atoms with Crippen LogP contribution in [0, 0.1) is 0 Å². The fraction of sp³-hybridized carbons (Fsp3) is 0.538. The van der Waals surface area contributed by atoms with Crippen molar-refractivity contribution < 1.29 is 23.8 Å². The van der Waals surface area contributed by atoms with Gasteiger partial charge in [-0.1, -0.05) is 74.4 Å². The van der Waals surface area contributed by atoms with E-state index in [1.807, 2.05) is 12.2 Å². The lowest BCUT2D eigenvalue weighted by molar-refractivity contribution is -0.169. The quantitative estimate of drug-likeness (QED) is 0.142. The highest BCUT2D eigenvalue weighted by Crippen LogP contribution is 2.07. The van der Waals surface area contributed by atoms with Crippen molar-refractivity contribution in [3.8, 4) is 0 Å². The number of hydrogen-bond acceptors (Lipinski definition) is 5. The number of unbranched alkanes of at least 4 members (excludes halogenated alkanes) is 3. The summed E-state index contributed by atoms with van der Waals surface area (Å²) >= 11 is 0. The zero-order valence-electron chi connectivity index (χ0n) is 19.3. The first kappa shape index (κ1) is 28.6. The zero-order valence-corrected chi connectivity index (χ0v) is 19.3. The Morgan fingerprint density at radius 3 is 2.00 bits per heavy atom. The molecule has 0 fully saturated rings. The molecule has 0 rings (SSSR count). The van der Waals surface area contributed by atoms with Crippen molar-refractivity contribution >= 4 is 11.9 Å². The number of rotatable bonds is 19. The van der Waals surface area contributed by atoms with Gasteiger partial charge < -0.3 is 14.2 Å². The topological polar surface area (TPSA) is 61.8 Å². The maximum atomic E-state index is 11.8. The Morgan fingerprint density at radius 2 is 1.45 bits per heavy atom. The molecule has 1 atom stereocenters. The lowest BCUT2D eigenvalue weighted by Crippen LogP contribution is -2.30. The zero-order chi connectivity index (χ0) is 23.0. The molecule has 0 N–H and O–H groups in total. The highest BCUT2D eigenvalue weighted by atomic mass is 16.6. The van der Waals surface area contributed by atoms with Crippen LogP contribution >= 0.6 is 0 Å². The third-order valence-electron chi connectivity index (χ3n) is 4.25. The minimum Gasteiger partial charge on any atom is -0.466 e. The fourth-order valence-corrected chi connectivity index (χ4v) is 2.58. The first-order valence-electron chi connectivity index (χ1n) is 11.2. The van der Waals surface area contributed by atoms with E-state index in [1.54, 1.807) is 0 Å². The summed E-state index contributed by atoms with van der Waals surface area (Å²) in [5, 5.41) is 0. The van der Waals surface area contributed by atoms with Crippen molar-refractivity contribution in [2.75, 3.05) is 20.3 Å². The Balaban J connectivity index is 3.97. The summed E-state index contributed by atoms with van der Waals surface area (Å²) in [7, 11) is 1.27. The number of allylic oxidation sites excluding steroid dienone is 8. The molecule has 31 heavy (non-hydrogen) atoms. The fourth-order valence-electron chi connectivity index (χ4n) is 2.58. The molecular formula is C26H40O5. The van der Waals surface area contributed by atoms with E-state index in [0.29, 0.717) is 12.8 Å². The maximum absolute atomic E-state index is 11.8. The molecule has 0 aromatic carbocycles. The van der Waals surface area contributed by atoms with Crippen molar-refractivity contribution in [2.24, 2.45) is 0 Å². The summed E-state index contributed by atoms with van der Waals surface area (Å²) in [5.74, 6) is -1.16. The molecule has 0 amide bonds. The van der Waals surface area contributed by atoms with Gasteiger partial charge in [-0.15, -0.1) is 6.58 Å². The number of esters is 2. The summed E-state index contributed by atoms with van der Waals surface area (Å²) in [6.45, 7) is 5.75. The molecule has 0 bridgehead atoms. The molecule has 174 valence electrons. The van der Waals surface area contributed by atoms with Gasteiger partial charge in [0.15, 0.2) is 6.10 Å². The molecule has 5 nitrogen and oxygen atoms in total. The lowest BCUT2D eigenvalue weighted by atomic mass is 10.1. The molecule has 0 spiro atoms. The standard InChI is InChI=1S/C26H40O5/c1-4-6-7-8-9-10-11-12-13-14-15-16-17-18-19-20-21-24(26(28)29-3)31-25(27)23-30-22-5-2/h5,9-10,12-13,15-16,18-19,24H,2,4,6-8,11,14,17,20-23H2,1,3H3/t24-/m1/s1. The van der Waals surface area contributed by atoms with Crippen LogP contribution in [-0.2, 0) is 23.8 Å². The van der Waals surface area contributed by atoms with Gasteiger partial charge in [0.2, 0.25) is 0 Å². The number of carbonyl (C=O) groups excluding carboxylic acids is 2. The third-order valence-corrected chi connectivity index (χ3v) is 4.25. The summed E-state index contributed by atoms with van der Waals surface area (Å²) in [6, 6.07) is 0. The lowest BCUT2D eigenvalue weighted by Gasteiger charge is -2.14. The van der Waals surface area contributed by atoms with E-state index in [1.165, 1.54) is 38.9 Å². The van der Waals surface area contributed by atoms with Crippen LogP contribution in [0.25, 0.3) is 0 Å². The van der Waals surface area contributed by atoms with E-state index in [0.717, 1.165) is 19.3 Å². The highest BCUT2D eigenvalue weighted by molar-refractivity contribution is 5.79. The van der Waals surface area contributed by atoms with Gasteiger partial charge in [-0.3, -0.25) is 0 Å². The van der Waals surface area contributed by atoms with Gasteiger partial charge in [0.05, 0.1) is 13.7 Å². The van der Waals surface area contributed by atoms with Crippen LogP contribution in [0.3, 0.4) is 0 Å². The van der Waals surface area contributed by atoms with Crippen molar-refractivity contribution in [1.29, 1.82) is 0 Å². The van der Waals surface area contributed by atoms with Crippen LogP contribution in [0.5, 0.6) is 0 Å². The maximum Gasteiger partial charge on any atom is 0.347 e. The van der Waals surface area contributed by atoms with Gasteiger partial charge >= 0.3 is 11.9 Å². The molecule has 0 unspecified atom stereocenters. The second-order valence-electron chi connectivity index (χ2n) is 6.97. The minimum absolute atomic E-state index is 0.218. The first-order valence-corrected chi connectivity index (χ1v) is 11.2. The van der Waals surface area contributed by atoms with Gasteiger partial charge in [-0.2, -0.15) is 0 Å². The Morgan fingerprint density at radius 1 is 0.871 bits per heavy atom. The molecule has 0 radical (unpaired) electrons. The molecule has 0 aromatic rings. The summed E-state index contributed by atoms with van der Waals surface area (Å²) in [6.07, 6.45) is 26.5. The van der Waals surface area contributed by atoms with Gasteiger partial charge in [0.1, 0.15) is 6.61 Å². The second-order valence-corrected chi connectivity index (χ2v) is 6.97. The first-order chi connectivity index (χ1) is 15.2. The van der Waals surface area contributed by atoms with Crippen LogP contribution in [0.1, 0.15) is 64.7 Å². The average molecular weight is 433 g/mol. The summed E-state index contributed by atoms with van der Waals surface area (Å²) < 4.78 is 14.9. The predicted molar refractivity (Wildman–Crippen MR) is 127 cm³/mol. The molecule has 0 saturated heterocycles. The Hall–Kier alpha value is -2.40. The largest absolute Gasteiger partial charge is 0.466 e. The van der Waals surface area contributed by atoms with E-state index in [9.17, 15) is 9.59 Å². The predicted octanol–water partition coefficient (Wildman–Crippen LogP) is 6.03. The molecule has 0 saturated carbocycles. The van der Waals surface area contributed by atoms with Crippen molar-refractivity contribution in [1.82, 2.24) is 0 Å². The van der Waals surface area contributed by atoms with Crippen molar-refractivity contribution in [2.45, 2.75) is 70.8 Å². The van der Waals surface area contributed by atoms with E-state index < -0.39 is 18.0 Å². The smallest absolute Gasteiger partial charge is 0.347 e. The number of methoxy groups -OCH3 is 1. The highest BCUT2D eigenvalue weighted by Gasteiger charge is 2.22. The minimum atomic E-state index is -0.921. The average Bonchev–Trinajstić information content (AvgIpc) is 2.77. The van der Waals surface area contributed by atoms with Crippen molar-refractivity contribution in [3.05, 3.63) is 61.3 Å². The van der Waals surface area contributed by atoms with Crippen LogP contribution in [0.15, 0.2) is 61.3 Å². The molecule has 0 aliphatic heterocycles. The summed E-state index contributed by atoms with van der Waals surface area (Å²) in [5.41, 5.74) is 0. The van der Waals surface area contributed by atoms with Crippen LogP contribution in [0.4, 0.5) is 0 Å². The molecule has 0 aliphatic carbocycles. The normalized spacial score (nSPS) is 12.8. The molecule has 5 heteroatoms. The van der Waals surface area contributed by atoms with Crippen LogP contribution in [-0.4, -0.2) is 38.4 Å². The Labute approximate surface area is 188 Å². The monoisotopic (exact) mass is 432 g/mol. The van der Waals surface area contributed by atoms with E-state index in [-0.39, 0.29) is 13.2 Å². The van der Waals surface area contributed by atoms with E-state index >= 15 is 0 Å². The van der Waals surface area contributed by atoms with E-state index in [4.69, 9.17) is 14.2 Å². The Kier molecular flexibility index (Phi) is 20.6. The van der Waals surface area contributed by atoms with Crippen molar-refractivity contribution in [3.63, 3.8) is 0 Å². The summed E-state index contributed by atoms with van der Waals surface area (Å²) in [4.78, 5) is 23.5. The molecule has 0 heterocycles. The number of ether oxygens (including phenoxy) is 3. The number of hydrogen-bond donors (Lipinski definition) is 0. The molecule has 0 aliphatic rings. The SMILES string of the molecule is C=CCOCC(=O)O[C@H](CCC=CCC=CCC=CCC=CCCCCC)C(=O)OC. The van der Waals surface area contributed by atoms with Gasteiger partial charge in [-0.05, 0) is 44.9 Å². The van der Waals surface area contributed by atoms with Gasteiger partial charge in [0.25, 0.3) is 0 Å². The molecule has 0 aromatic heterocycles.